The number of alkyl halides is 4. The molecule has 0 radical (unpaired) electrons. The van der Waals surface area contributed by atoms with Gasteiger partial charge in [-0.05, 0) is 35.7 Å². The van der Waals surface area contributed by atoms with Gasteiger partial charge in [0, 0.05) is 6.54 Å². The number of halogens is 4. The molecule has 2 aromatic rings. The van der Waals surface area contributed by atoms with Crippen LogP contribution in [0.15, 0.2) is 48.5 Å². The molecule has 5 heteroatoms. The molecule has 2 rings (SSSR count). The fraction of sp³-hybridized carbons (Fsp3) is 0.250. The molecule has 0 aromatic heterocycles. The predicted molar refractivity (Wildman–Crippen MR) is 73.6 cm³/mol. The van der Waals surface area contributed by atoms with Crippen molar-refractivity contribution in [1.82, 2.24) is 0 Å². The van der Waals surface area contributed by atoms with Gasteiger partial charge in [0.15, 0.2) is 5.67 Å². The molecule has 21 heavy (non-hydrogen) atoms. The Kier molecular flexibility index (Phi) is 4.05. The van der Waals surface area contributed by atoms with Crippen LogP contribution in [0, 0.1) is 6.92 Å². The Morgan fingerprint density at radius 3 is 2.00 bits per heavy atom. The Morgan fingerprint density at radius 2 is 1.52 bits per heavy atom. The molecule has 2 aromatic carbocycles. The molecule has 0 aliphatic heterocycles. The molecule has 0 saturated carbocycles. The van der Waals surface area contributed by atoms with Crippen molar-refractivity contribution in [3.63, 3.8) is 0 Å². The molecular weight excluding hydrogens is 282 g/mol. The van der Waals surface area contributed by atoms with Gasteiger partial charge in [0.05, 0.1) is 5.56 Å². The lowest BCUT2D eigenvalue weighted by Gasteiger charge is -2.27. The van der Waals surface area contributed by atoms with Gasteiger partial charge in [0.2, 0.25) is 0 Å². The largest absolute Gasteiger partial charge is 0.416 e. The first-order valence-electron chi connectivity index (χ1n) is 6.42. The minimum Gasteiger partial charge on any atom is -0.327 e. The smallest absolute Gasteiger partial charge is 0.327 e. The second kappa shape index (κ2) is 5.48. The first kappa shape index (κ1) is 15.5. The maximum Gasteiger partial charge on any atom is 0.416 e. The lowest BCUT2D eigenvalue weighted by atomic mass is 9.85. The van der Waals surface area contributed by atoms with E-state index in [-0.39, 0.29) is 17.7 Å². The van der Waals surface area contributed by atoms with E-state index in [2.05, 4.69) is 0 Å². The number of hydrogen-bond acceptors (Lipinski definition) is 1. The van der Waals surface area contributed by atoms with E-state index >= 15 is 4.39 Å². The number of nitrogens with two attached hydrogens (primary N) is 1. The highest BCUT2D eigenvalue weighted by Crippen LogP contribution is 2.37. The van der Waals surface area contributed by atoms with Crippen LogP contribution in [0.1, 0.15) is 22.3 Å². The molecule has 1 atom stereocenters. The van der Waals surface area contributed by atoms with E-state index in [1.165, 1.54) is 6.92 Å². The molecule has 112 valence electrons. The fourth-order valence-corrected chi connectivity index (χ4v) is 2.37. The zero-order valence-electron chi connectivity index (χ0n) is 11.4. The van der Waals surface area contributed by atoms with Gasteiger partial charge in [0.1, 0.15) is 0 Å². The zero-order chi connectivity index (χ0) is 15.7. The third-order valence-electron chi connectivity index (χ3n) is 3.49. The summed E-state index contributed by atoms with van der Waals surface area (Å²) in [6, 6.07) is 11.2. The number of rotatable bonds is 3. The van der Waals surface area contributed by atoms with Crippen LogP contribution in [0.4, 0.5) is 17.6 Å². The summed E-state index contributed by atoms with van der Waals surface area (Å²) >= 11 is 0. The Labute approximate surface area is 120 Å². The Balaban J connectivity index is 2.54. The van der Waals surface area contributed by atoms with Crippen molar-refractivity contribution in [2.24, 2.45) is 5.73 Å². The van der Waals surface area contributed by atoms with Crippen molar-refractivity contribution in [2.75, 3.05) is 6.54 Å². The normalized spacial score (nSPS) is 14.8. The summed E-state index contributed by atoms with van der Waals surface area (Å²) in [7, 11) is 0. The summed E-state index contributed by atoms with van der Waals surface area (Å²) in [6.07, 6.45) is -4.45. The van der Waals surface area contributed by atoms with E-state index in [1.54, 1.807) is 30.3 Å². The Morgan fingerprint density at radius 1 is 0.905 bits per heavy atom. The second-order valence-corrected chi connectivity index (χ2v) is 4.90. The van der Waals surface area contributed by atoms with E-state index in [0.29, 0.717) is 5.56 Å². The third kappa shape index (κ3) is 2.93. The van der Waals surface area contributed by atoms with Gasteiger partial charge >= 0.3 is 6.18 Å². The molecule has 0 amide bonds. The predicted octanol–water partition coefficient (Wildman–Crippen LogP) is 4.19. The van der Waals surface area contributed by atoms with Crippen LogP contribution in [0.3, 0.4) is 0 Å². The van der Waals surface area contributed by atoms with Crippen molar-refractivity contribution in [2.45, 2.75) is 18.8 Å². The topological polar surface area (TPSA) is 26.0 Å². The fourth-order valence-electron chi connectivity index (χ4n) is 2.37. The summed E-state index contributed by atoms with van der Waals surface area (Å²) in [5.74, 6) is 0. The molecule has 0 spiro atoms. The van der Waals surface area contributed by atoms with Crippen LogP contribution in [0.5, 0.6) is 0 Å². The monoisotopic (exact) mass is 297 g/mol. The van der Waals surface area contributed by atoms with Gasteiger partial charge in [-0.1, -0.05) is 36.4 Å². The maximum absolute atomic E-state index is 15.3. The summed E-state index contributed by atoms with van der Waals surface area (Å²) in [5, 5.41) is 0. The van der Waals surface area contributed by atoms with Crippen LogP contribution >= 0.6 is 0 Å². The van der Waals surface area contributed by atoms with Gasteiger partial charge < -0.3 is 5.73 Å². The maximum atomic E-state index is 15.3. The van der Waals surface area contributed by atoms with Gasteiger partial charge in [-0.2, -0.15) is 13.2 Å². The first-order chi connectivity index (χ1) is 9.79. The van der Waals surface area contributed by atoms with E-state index in [0.717, 1.165) is 18.2 Å². The zero-order valence-corrected chi connectivity index (χ0v) is 11.4. The summed E-state index contributed by atoms with van der Waals surface area (Å²) in [4.78, 5) is 0. The molecule has 0 aliphatic carbocycles. The van der Waals surface area contributed by atoms with E-state index in [4.69, 9.17) is 5.73 Å². The molecule has 0 saturated heterocycles. The van der Waals surface area contributed by atoms with Crippen LogP contribution in [0.25, 0.3) is 0 Å². The van der Waals surface area contributed by atoms with Crippen LogP contribution in [0.2, 0.25) is 0 Å². The second-order valence-electron chi connectivity index (χ2n) is 4.90. The molecule has 2 N–H and O–H groups in total. The van der Waals surface area contributed by atoms with Gasteiger partial charge in [-0.3, -0.25) is 0 Å². The minimum absolute atomic E-state index is 0.157. The highest BCUT2D eigenvalue weighted by molar-refractivity contribution is 5.43. The number of benzene rings is 2. The van der Waals surface area contributed by atoms with E-state index < -0.39 is 17.4 Å². The van der Waals surface area contributed by atoms with E-state index in [9.17, 15) is 13.2 Å². The molecule has 1 nitrogen and oxygen atoms in total. The first-order valence-corrected chi connectivity index (χ1v) is 6.42. The average molecular weight is 297 g/mol. The van der Waals surface area contributed by atoms with Crippen molar-refractivity contribution in [1.29, 1.82) is 0 Å². The summed E-state index contributed by atoms with van der Waals surface area (Å²) in [5.41, 5.74) is 3.48. The lowest BCUT2D eigenvalue weighted by Crippen LogP contribution is -2.32. The minimum atomic E-state index is -4.45. The molecule has 1 unspecified atom stereocenters. The van der Waals surface area contributed by atoms with Gasteiger partial charge in [0.25, 0.3) is 0 Å². The quantitative estimate of drug-likeness (QED) is 0.845. The van der Waals surface area contributed by atoms with Crippen LogP contribution in [-0.2, 0) is 11.8 Å². The average Bonchev–Trinajstić information content (AvgIpc) is 2.46. The SMILES string of the molecule is Cc1cc(C(F)(F)F)ccc1C(F)(CN)c1ccccc1. The molecule has 0 heterocycles. The third-order valence-corrected chi connectivity index (χ3v) is 3.49. The summed E-state index contributed by atoms with van der Waals surface area (Å²) < 4.78 is 53.3. The van der Waals surface area contributed by atoms with Crippen molar-refractivity contribution < 1.29 is 17.6 Å². The highest BCUT2D eigenvalue weighted by atomic mass is 19.4. The highest BCUT2D eigenvalue weighted by Gasteiger charge is 2.36. The van der Waals surface area contributed by atoms with Crippen LogP contribution in [-0.4, -0.2) is 6.54 Å². The Bertz CT molecular complexity index is 622. The molecule has 0 aliphatic rings. The Hall–Kier alpha value is -1.88. The van der Waals surface area contributed by atoms with Gasteiger partial charge in [-0.15, -0.1) is 0 Å². The number of hydrogen-bond donors (Lipinski definition) is 1. The van der Waals surface area contributed by atoms with Gasteiger partial charge in [-0.25, -0.2) is 4.39 Å². The van der Waals surface area contributed by atoms with Crippen LogP contribution < -0.4 is 5.73 Å². The van der Waals surface area contributed by atoms with Crippen molar-refractivity contribution >= 4 is 0 Å². The van der Waals surface area contributed by atoms with Crippen molar-refractivity contribution in [3.8, 4) is 0 Å². The standard InChI is InChI=1S/C16H15F4N/c1-11-9-13(16(18,19)20)7-8-14(11)15(17,10-21)12-5-3-2-4-6-12/h2-9H,10,21H2,1H3. The number of aryl methyl sites for hydroxylation is 1. The summed E-state index contributed by atoms with van der Waals surface area (Å²) in [6.45, 7) is 1.11. The lowest BCUT2D eigenvalue weighted by molar-refractivity contribution is -0.137. The molecule has 0 fully saturated rings. The molecule has 0 bridgehead atoms. The van der Waals surface area contributed by atoms with E-state index in [1.807, 2.05) is 0 Å². The molecular formula is C16H15F4N. The van der Waals surface area contributed by atoms with Crippen molar-refractivity contribution in [3.05, 3.63) is 70.8 Å².